The van der Waals surface area contributed by atoms with Gasteiger partial charge in [-0.1, -0.05) is 23.7 Å². The molecule has 0 bridgehead atoms. The summed E-state index contributed by atoms with van der Waals surface area (Å²) in [4.78, 5) is 2.40. The molecular formula is C14H21ClN2OS. The van der Waals surface area contributed by atoms with Crippen molar-refractivity contribution < 1.29 is 4.21 Å². The lowest BCUT2D eigenvalue weighted by atomic mass is 10.0. The molecule has 0 radical (unpaired) electrons. The zero-order chi connectivity index (χ0) is 13.7. The number of rotatable bonds is 5. The first-order valence-electron chi connectivity index (χ1n) is 6.69. The molecule has 1 N–H and O–H groups in total. The lowest BCUT2D eigenvalue weighted by Gasteiger charge is -2.28. The summed E-state index contributed by atoms with van der Waals surface area (Å²) in [6.07, 6.45) is 1.06. The van der Waals surface area contributed by atoms with Crippen LogP contribution >= 0.6 is 11.6 Å². The quantitative estimate of drug-likeness (QED) is 0.903. The summed E-state index contributed by atoms with van der Waals surface area (Å²) in [6.45, 7) is 2.97. The SMILES string of the molecule is CNC(CCN1CCS(=O)CC1)c1ccc(Cl)cc1. The number of nitrogens with one attached hydrogen (secondary N) is 1. The molecule has 0 amide bonds. The summed E-state index contributed by atoms with van der Waals surface area (Å²) in [5.41, 5.74) is 1.27. The van der Waals surface area contributed by atoms with Crippen molar-refractivity contribution in [3.63, 3.8) is 0 Å². The molecule has 1 atom stereocenters. The molecule has 5 heteroatoms. The summed E-state index contributed by atoms with van der Waals surface area (Å²) < 4.78 is 11.3. The van der Waals surface area contributed by atoms with Crippen LogP contribution in [0, 0.1) is 0 Å². The van der Waals surface area contributed by atoms with Crippen LogP contribution in [-0.4, -0.2) is 47.3 Å². The molecule has 1 aliphatic rings. The van der Waals surface area contributed by atoms with E-state index in [1.807, 2.05) is 19.2 Å². The lowest BCUT2D eigenvalue weighted by Crippen LogP contribution is -2.39. The normalized spacial score (nSPS) is 19.5. The van der Waals surface area contributed by atoms with Crippen molar-refractivity contribution in [2.24, 2.45) is 0 Å². The second kappa shape index (κ2) is 7.39. The summed E-state index contributed by atoms with van der Waals surface area (Å²) >= 11 is 5.91. The highest BCUT2D eigenvalue weighted by atomic mass is 35.5. The second-order valence-electron chi connectivity index (χ2n) is 4.87. The molecule has 1 aromatic rings. The van der Waals surface area contributed by atoms with E-state index in [0.29, 0.717) is 6.04 Å². The van der Waals surface area contributed by atoms with Gasteiger partial charge in [0.05, 0.1) is 0 Å². The average molecular weight is 301 g/mol. The van der Waals surface area contributed by atoms with Crippen molar-refractivity contribution in [1.82, 2.24) is 10.2 Å². The van der Waals surface area contributed by atoms with Gasteiger partial charge in [0.25, 0.3) is 0 Å². The van der Waals surface area contributed by atoms with E-state index in [0.717, 1.165) is 42.6 Å². The van der Waals surface area contributed by atoms with E-state index in [1.54, 1.807) is 0 Å². The molecular weight excluding hydrogens is 280 g/mol. The predicted molar refractivity (Wildman–Crippen MR) is 82.2 cm³/mol. The van der Waals surface area contributed by atoms with Gasteiger partial charge in [0.15, 0.2) is 0 Å². The number of halogens is 1. The highest BCUT2D eigenvalue weighted by molar-refractivity contribution is 7.85. The van der Waals surface area contributed by atoms with Crippen molar-refractivity contribution >= 4 is 22.4 Å². The summed E-state index contributed by atoms with van der Waals surface area (Å²) in [6, 6.07) is 8.38. The molecule has 1 fully saturated rings. The van der Waals surface area contributed by atoms with Crippen LogP contribution in [0.3, 0.4) is 0 Å². The molecule has 19 heavy (non-hydrogen) atoms. The van der Waals surface area contributed by atoms with E-state index < -0.39 is 10.8 Å². The molecule has 1 unspecified atom stereocenters. The van der Waals surface area contributed by atoms with E-state index in [1.165, 1.54) is 5.56 Å². The van der Waals surface area contributed by atoms with Crippen molar-refractivity contribution in [1.29, 1.82) is 0 Å². The maximum Gasteiger partial charge on any atom is 0.0406 e. The van der Waals surface area contributed by atoms with E-state index >= 15 is 0 Å². The molecule has 1 aromatic carbocycles. The van der Waals surface area contributed by atoms with Crippen LogP contribution in [-0.2, 0) is 10.8 Å². The zero-order valence-corrected chi connectivity index (χ0v) is 12.8. The predicted octanol–water partition coefficient (Wildman–Crippen LogP) is 2.05. The Balaban J connectivity index is 1.85. The Morgan fingerprint density at radius 1 is 1.32 bits per heavy atom. The minimum absolute atomic E-state index is 0.352. The Hall–Kier alpha value is -0.420. The number of hydrogen-bond donors (Lipinski definition) is 1. The monoisotopic (exact) mass is 300 g/mol. The van der Waals surface area contributed by atoms with Gasteiger partial charge in [-0.05, 0) is 31.2 Å². The standard InChI is InChI=1S/C14H21ClN2OS/c1-16-14(12-2-4-13(15)5-3-12)6-7-17-8-10-19(18)11-9-17/h2-5,14,16H,6-11H2,1H3. The largest absolute Gasteiger partial charge is 0.313 e. The Kier molecular flexibility index (Phi) is 5.82. The molecule has 1 heterocycles. The molecule has 2 rings (SSSR count). The molecule has 0 aliphatic carbocycles. The van der Waals surface area contributed by atoms with Gasteiger partial charge in [0.2, 0.25) is 0 Å². The second-order valence-corrected chi connectivity index (χ2v) is 7.00. The van der Waals surface area contributed by atoms with Crippen LogP contribution in [0.1, 0.15) is 18.0 Å². The average Bonchev–Trinajstić information content (AvgIpc) is 2.43. The van der Waals surface area contributed by atoms with E-state index in [-0.39, 0.29) is 0 Å². The lowest BCUT2D eigenvalue weighted by molar-refractivity contribution is 0.281. The fourth-order valence-electron chi connectivity index (χ4n) is 2.38. The smallest absolute Gasteiger partial charge is 0.0406 e. The maximum atomic E-state index is 11.3. The minimum atomic E-state index is -0.588. The summed E-state index contributed by atoms with van der Waals surface area (Å²) in [5.74, 6) is 1.65. The van der Waals surface area contributed by atoms with Gasteiger partial charge in [-0.3, -0.25) is 4.21 Å². The van der Waals surface area contributed by atoms with Crippen molar-refractivity contribution in [2.75, 3.05) is 38.2 Å². The van der Waals surface area contributed by atoms with Crippen molar-refractivity contribution in [3.05, 3.63) is 34.9 Å². The van der Waals surface area contributed by atoms with Crippen molar-refractivity contribution in [3.8, 4) is 0 Å². The van der Waals surface area contributed by atoms with Crippen molar-refractivity contribution in [2.45, 2.75) is 12.5 Å². The number of hydrogen-bond acceptors (Lipinski definition) is 3. The zero-order valence-electron chi connectivity index (χ0n) is 11.3. The fraction of sp³-hybridized carbons (Fsp3) is 0.571. The van der Waals surface area contributed by atoms with Gasteiger partial charge in [-0.2, -0.15) is 0 Å². The molecule has 1 aliphatic heterocycles. The highest BCUT2D eigenvalue weighted by Crippen LogP contribution is 2.19. The third kappa shape index (κ3) is 4.56. The van der Waals surface area contributed by atoms with Gasteiger partial charge in [-0.15, -0.1) is 0 Å². The van der Waals surface area contributed by atoms with Crippen LogP contribution in [0.5, 0.6) is 0 Å². The van der Waals surface area contributed by atoms with Gasteiger partial charge in [0, 0.05) is 53.0 Å². The molecule has 3 nitrogen and oxygen atoms in total. The van der Waals surface area contributed by atoms with Gasteiger partial charge in [-0.25, -0.2) is 0 Å². The third-order valence-corrected chi connectivity index (χ3v) is 5.15. The summed E-state index contributed by atoms with van der Waals surface area (Å²) in [7, 11) is 1.40. The minimum Gasteiger partial charge on any atom is -0.313 e. The highest BCUT2D eigenvalue weighted by Gasteiger charge is 2.17. The number of nitrogens with zero attached hydrogens (tertiary/aromatic N) is 1. The molecule has 0 spiro atoms. The first-order chi connectivity index (χ1) is 9.19. The fourth-order valence-corrected chi connectivity index (χ4v) is 3.64. The van der Waals surface area contributed by atoms with E-state index in [2.05, 4.69) is 22.3 Å². The Bertz CT molecular complexity index is 414. The maximum absolute atomic E-state index is 11.3. The van der Waals surface area contributed by atoms with Crippen LogP contribution in [0.2, 0.25) is 5.02 Å². The number of benzene rings is 1. The Labute approximate surface area is 122 Å². The Morgan fingerprint density at radius 3 is 2.53 bits per heavy atom. The molecule has 0 aromatic heterocycles. The Morgan fingerprint density at radius 2 is 1.95 bits per heavy atom. The first-order valence-corrected chi connectivity index (χ1v) is 8.55. The van der Waals surface area contributed by atoms with Crippen LogP contribution in [0.15, 0.2) is 24.3 Å². The van der Waals surface area contributed by atoms with Crippen LogP contribution in [0.25, 0.3) is 0 Å². The van der Waals surface area contributed by atoms with Gasteiger partial charge in [0.1, 0.15) is 0 Å². The van der Waals surface area contributed by atoms with Crippen LogP contribution in [0.4, 0.5) is 0 Å². The molecule has 0 saturated carbocycles. The first kappa shape index (κ1) is 15.0. The van der Waals surface area contributed by atoms with E-state index in [4.69, 9.17) is 11.6 Å². The van der Waals surface area contributed by atoms with Gasteiger partial charge >= 0.3 is 0 Å². The summed E-state index contributed by atoms with van der Waals surface area (Å²) in [5, 5.41) is 4.13. The third-order valence-electron chi connectivity index (χ3n) is 3.63. The van der Waals surface area contributed by atoms with Crippen LogP contribution < -0.4 is 5.32 Å². The topological polar surface area (TPSA) is 32.3 Å². The van der Waals surface area contributed by atoms with Gasteiger partial charge < -0.3 is 10.2 Å². The molecule has 1 saturated heterocycles. The van der Waals surface area contributed by atoms with E-state index in [9.17, 15) is 4.21 Å². The molecule has 106 valence electrons.